The Labute approximate surface area is 143 Å². The number of benzene rings is 1. The summed E-state index contributed by atoms with van der Waals surface area (Å²) in [6.45, 7) is 6.76. The normalized spacial score (nSPS) is 18.2. The first-order chi connectivity index (χ1) is 10.8. The fourth-order valence-corrected chi connectivity index (χ4v) is 3.32. The zero-order valence-corrected chi connectivity index (χ0v) is 14.7. The van der Waals surface area contributed by atoms with Gasteiger partial charge in [-0.3, -0.25) is 4.79 Å². The lowest BCUT2D eigenvalue weighted by molar-refractivity contribution is -0.112. The van der Waals surface area contributed by atoms with Crippen LogP contribution in [0.5, 0.6) is 0 Å². The summed E-state index contributed by atoms with van der Waals surface area (Å²) in [5.41, 5.74) is 2.13. The second-order valence-corrected chi connectivity index (χ2v) is 7.63. The lowest BCUT2D eigenvalue weighted by Crippen LogP contribution is -2.25. The number of carbonyl (C=O) groups excluding carboxylic acids is 1. The van der Waals surface area contributed by atoms with Gasteiger partial charge >= 0.3 is 0 Å². The molecule has 0 spiro atoms. The molecule has 1 aliphatic carbocycles. The van der Waals surface area contributed by atoms with E-state index in [-0.39, 0.29) is 16.9 Å². The van der Waals surface area contributed by atoms with Crippen molar-refractivity contribution in [1.29, 1.82) is 5.26 Å². The maximum atomic E-state index is 12.4. The fourth-order valence-electron chi connectivity index (χ4n) is 3.13. The molecular weight excluding hydrogens is 308 g/mol. The van der Waals surface area contributed by atoms with Crippen LogP contribution in [0.15, 0.2) is 35.4 Å². The molecule has 122 valence electrons. The van der Waals surface area contributed by atoms with Crippen molar-refractivity contribution in [3.8, 4) is 6.07 Å². The maximum Gasteiger partial charge on any atom is 0.266 e. The number of hydrogen-bond acceptors (Lipinski definition) is 2. The Bertz CT molecular complexity index is 655. The van der Waals surface area contributed by atoms with Gasteiger partial charge in [0.15, 0.2) is 0 Å². The first kappa shape index (κ1) is 17.6. The van der Waals surface area contributed by atoms with Crippen molar-refractivity contribution >= 4 is 23.2 Å². The molecule has 0 atom stereocenters. The first-order valence-corrected chi connectivity index (χ1v) is 8.38. The Morgan fingerprint density at radius 1 is 1.30 bits per heavy atom. The minimum absolute atomic E-state index is 0.261. The zero-order chi connectivity index (χ0) is 17.0. The van der Waals surface area contributed by atoms with Gasteiger partial charge < -0.3 is 5.32 Å². The molecule has 4 heteroatoms. The number of amides is 1. The highest BCUT2D eigenvalue weighted by atomic mass is 35.5. The molecule has 23 heavy (non-hydrogen) atoms. The highest BCUT2D eigenvalue weighted by Gasteiger charge is 2.29. The fraction of sp³-hybridized carbons (Fsp3) is 0.474. The quantitative estimate of drug-likeness (QED) is 0.588. The third-order valence-electron chi connectivity index (χ3n) is 4.59. The molecule has 1 N–H and O–H groups in total. The van der Waals surface area contributed by atoms with Crippen LogP contribution < -0.4 is 5.32 Å². The molecule has 1 aromatic rings. The van der Waals surface area contributed by atoms with Crippen LogP contribution in [0.25, 0.3) is 0 Å². The van der Waals surface area contributed by atoms with E-state index in [1.807, 2.05) is 0 Å². The van der Waals surface area contributed by atoms with Gasteiger partial charge in [-0.05, 0) is 60.8 Å². The predicted octanol–water partition coefficient (Wildman–Crippen LogP) is 5.33. The summed E-state index contributed by atoms with van der Waals surface area (Å²) >= 11 is 5.92. The van der Waals surface area contributed by atoms with Crippen molar-refractivity contribution in [2.75, 3.05) is 5.32 Å². The molecule has 0 aliphatic heterocycles. The van der Waals surface area contributed by atoms with Crippen LogP contribution in [0.3, 0.4) is 0 Å². The molecule has 1 amide bonds. The number of hydrogen-bond donors (Lipinski definition) is 1. The van der Waals surface area contributed by atoms with Crippen LogP contribution in [0.1, 0.15) is 46.5 Å². The molecule has 0 aromatic heterocycles. The van der Waals surface area contributed by atoms with E-state index in [1.165, 1.54) is 0 Å². The summed E-state index contributed by atoms with van der Waals surface area (Å²) in [5.74, 6) is 0.307. The lowest BCUT2D eigenvalue weighted by atomic mass is 9.71. The second-order valence-electron chi connectivity index (χ2n) is 7.20. The third kappa shape index (κ3) is 4.59. The molecule has 0 heterocycles. The summed E-state index contributed by atoms with van der Waals surface area (Å²) in [7, 11) is 0. The van der Waals surface area contributed by atoms with Crippen molar-refractivity contribution in [3.63, 3.8) is 0 Å². The molecular formula is C19H23ClN2O. The molecule has 0 radical (unpaired) electrons. The number of nitrogens with one attached hydrogen (secondary N) is 1. The Kier molecular flexibility index (Phi) is 5.49. The zero-order valence-electron chi connectivity index (χ0n) is 13.9. The second kappa shape index (κ2) is 7.19. The third-order valence-corrected chi connectivity index (χ3v) is 4.82. The first-order valence-electron chi connectivity index (χ1n) is 8.00. The minimum Gasteiger partial charge on any atom is -0.321 e. The number of anilines is 1. The SMILES string of the molecule is CC(C)(C)C1CCC(=C(C#N)C(=O)Nc2cccc(Cl)c2)CC1. The molecule has 0 saturated heterocycles. The van der Waals surface area contributed by atoms with Gasteiger partial charge in [-0.2, -0.15) is 5.26 Å². The van der Waals surface area contributed by atoms with Gasteiger partial charge in [-0.25, -0.2) is 0 Å². The van der Waals surface area contributed by atoms with Crippen LogP contribution in [0.4, 0.5) is 5.69 Å². The molecule has 2 rings (SSSR count). The van der Waals surface area contributed by atoms with Crippen LogP contribution in [0, 0.1) is 22.7 Å². The van der Waals surface area contributed by atoms with E-state index < -0.39 is 0 Å². The van der Waals surface area contributed by atoms with Gasteiger partial charge in [0.1, 0.15) is 11.6 Å². The van der Waals surface area contributed by atoms with E-state index in [0.29, 0.717) is 16.6 Å². The molecule has 1 aromatic carbocycles. The summed E-state index contributed by atoms with van der Waals surface area (Å²) in [6, 6.07) is 9.05. The maximum absolute atomic E-state index is 12.4. The predicted molar refractivity (Wildman–Crippen MR) is 94.1 cm³/mol. The number of nitrogens with zero attached hydrogens (tertiary/aromatic N) is 1. The topological polar surface area (TPSA) is 52.9 Å². The molecule has 0 unspecified atom stereocenters. The Morgan fingerprint density at radius 2 is 1.96 bits per heavy atom. The summed E-state index contributed by atoms with van der Waals surface area (Å²) in [4.78, 5) is 12.4. The number of rotatable bonds is 2. The molecule has 3 nitrogen and oxygen atoms in total. The Morgan fingerprint density at radius 3 is 2.48 bits per heavy atom. The molecule has 1 saturated carbocycles. The van der Waals surface area contributed by atoms with Crippen molar-refractivity contribution in [1.82, 2.24) is 0 Å². The summed E-state index contributed by atoms with van der Waals surface area (Å²) < 4.78 is 0. The van der Waals surface area contributed by atoms with Crippen LogP contribution in [-0.4, -0.2) is 5.91 Å². The van der Waals surface area contributed by atoms with Gasteiger partial charge in [0.2, 0.25) is 0 Å². The highest BCUT2D eigenvalue weighted by molar-refractivity contribution is 6.31. The van der Waals surface area contributed by atoms with Crippen molar-refractivity contribution in [3.05, 3.63) is 40.4 Å². The molecule has 0 bridgehead atoms. The van der Waals surface area contributed by atoms with Crippen LogP contribution in [0.2, 0.25) is 5.02 Å². The molecule has 1 fully saturated rings. The largest absolute Gasteiger partial charge is 0.321 e. The summed E-state index contributed by atoms with van der Waals surface area (Å²) in [5, 5.41) is 12.7. The Balaban J connectivity index is 2.10. The average Bonchev–Trinajstić information content (AvgIpc) is 2.47. The van der Waals surface area contributed by atoms with E-state index in [9.17, 15) is 10.1 Å². The van der Waals surface area contributed by atoms with Gasteiger partial charge in [0.25, 0.3) is 5.91 Å². The van der Waals surface area contributed by atoms with Crippen LogP contribution in [-0.2, 0) is 4.79 Å². The number of allylic oxidation sites excluding steroid dienone is 1. The van der Waals surface area contributed by atoms with Gasteiger partial charge in [0, 0.05) is 10.7 Å². The van der Waals surface area contributed by atoms with Crippen LogP contribution >= 0.6 is 11.6 Å². The van der Waals surface area contributed by atoms with E-state index in [1.54, 1.807) is 24.3 Å². The average molecular weight is 331 g/mol. The van der Waals surface area contributed by atoms with E-state index in [0.717, 1.165) is 31.3 Å². The van der Waals surface area contributed by atoms with Gasteiger partial charge in [-0.15, -0.1) is 0 Å². The van der Waals surface area contributed by atoms with Gasteiger partial charge in [-0.1, -0.05) is 38.4 Å². The Hall–Kier alpha value is -1.79. The number of halogens is 1. The summed E-state index contributed by atoms with van der Waals surface area (Å²) in [6.07, 6.45) is 3.73. The van der Waals surface area contributed by atoms with Crippen molar-refractivity contribution in [2.45, 2.75) is 46.5 Å². The minimum atomic E-state index is -0.334. The van der Waals surface area contributed by atoms with E-state index in [4.69, 9.17) is 11.6 Å². The smallest absolute Gasteiger partial charge is 0.266 e. The number of carbonyl (C=O) groups is 1. The standard InChI is InChI=1S/C19H23ClN2O/c1-19(2,3)14-9-7-13(8-10-14)17(12-21)18(23)22-16-6-4-5-15(20)11-16/h4-6,11,14H,7-10H2,1-3H3,(H,22,23). The van der Waals surface area contributed by atoms with Crippen molar-refractivity contribution in [2.24, 2.45) is 11.3 Å². The van der Waals surface area contributed by atoms with Gasteiger partial charge in [0.05, 0.1) is 0 Å². The molecule has 1 aliphatic rings. The van der Waals surface area contributed by atoms with Crippen molar-refractivity contribution < 1.29 is 4.79 Å². The monoisotopic (exact) mass is 330 g/mol. The van der Waals surface area contributed by atoms with E-state index in [2.05, 4.69) is 32.2 Å². The van der Waals surface area contributed by atoms with E-state index >= 15 is 0 Å². The highest BCUT2D eigenvalue weighted by Crippen LogP contribution is 2.40. The number of nitriles is 1. The lowest BCUT2D eigenvalue weighted by Gasteiger charge is -2.35.